The van der Waals surface area contributed by atoms with Gasteiger partial charge < -0.3 is 15.8 Å². The molecule has 1 saturated heterocycles. The molecule has 0 radical (unpaired) electrons. The molecule has 0 spiro atoms. The molecule has 2 rings (SSSR count). The van der Waals surface area contributed by atoms with Crippen molar-refractivity contribution in [3.63, 3.8) is 0 Å². The van der Waals surface area contributed by atoms with Gasteiger partial charge in [-0.15, -0.1) is 0 Å². The van der Waals surface area contributed by atoms with E-state index in [4.69, 9.17) is 10.5 Å². The molecule has 98 valence electrons. The molecule has 1 amide bonds. The number of nitrogens with one attached hydrogen (secondary N) is 1. The predicted molar refractivity (Wildman–Crippen MR) is 74.4 cm³/mol. The van der Waals surface area contributed by atoms with Gasteiger partial charge >= 0.3 is 0 Å². The van der Waals surface area contributed by atoms with Crippen LogP contribution in [0.25, 0.3) is 0 Å². The highest BCUT2D eigenvalue weighted by molar-refractivity contribution is 9.10. The Morgan fingerprint density at radius 3 is 2.89 bits per heavy atom. The number of benzene rings is 1. The summed E-state index contributed by atoms with van der Waals surface area (Å²) in [6.07, 6.45) is 0. The molecule has 4 nitrogen and oxygen atoms in total. The van der Waals surface area contributed by atoms with Gasteiger partial charge in [0.25, 0.3) is 0 Å². The summed E-state index contributed by atoms with van der Waals surface area (Å²) in [4.78, 5) is 12.3. The van der Waals surface area contributed by atoms with E-state index in [1.165, 1.54) is 0 Å². The maximum atomic E-state index is 12.3. The Morgan fingerprint density at radius 2 is 2.33 bits per heavy atom. The molecule has 18 heavy (non-hydrogen) atoms. The molecule has 2 unspecified atom stereocenters. The molecule has 0 aliphatic carbocycles. The van der Waals surface area contributed by atoms with Gasteiger partial charge in [0, 0.05) is 16.2 Å². The van der Waals surface area contributed by atoms with Gasteiger partial charge in [-0.05, 0) is 37.6 Å². The molecular weight excluding hydrogens is 296 g/mol. The fraction of sp³-hybridized carbons (Fsp3) is 0.462. The normalized spacial score (nSPS) is 27.2. The number of halogens is 1. The van der Waals surface area contributed by atoms with Crippen molar-refractivity contribution < 1.29 is 9.53 Å². The third kappa shape index (κ3) is 2.43. The summed E-state index contributed by atoms with van der Waals surface area (Å²) in [5.74, 6) is -0.0887. The second-order valence-corrected chi connectivity index (χ2v) is 5.81. The van der Waals surface area contributed by atoms with Crippen molar-refractivity contribution in [3.05, 3.63) is 28.2 Å². The van der Waals surface area contributed by atoms with Gasteiger partial charge in [-0.3, -0.25) is 4.79 Å². The number of hydrogen-bond acceptors (Lipinski definition) is 3. The van der Waals surface area contributed by atoms with Crippen LogP contribution >= 0.6 is 15.9 Å². The Morgan fingerprint density at radius 1 is 1.61 bits per heavy atom. The van der Waals surface area contributed by atoms with Crippen LogP contribution < -0.4 is 11.1 Å². The average molecular weight is 313 g/mol. The second kappa shape index (κ2) is 4.99. The van der Waals surface area contributed by atoms with Gasteiger partial charge in [0.2, 0.25) is 5.91 Å². The first-order chi connectivity index (χ1) is 8.43. The zero-order chi connectivity index (χ0) is 13.3. The highest BCUT2D eigenvalue weighted by atomic mass is 79.9. The molecule has 0 saturated carbocycles. The summed E-state index contributed by atoms with van der Waals surface area (Å²) >= 11 is 3.43. The van der Waals surface area contributed by atoms with E-state index >= 15 is 0 Å². The molecule has 1 heterocycles. The highest BCUT2D eigenvalue weighted by Crippen LogP contribution is 2.29. The summed E-state index contributed by atoms with van der Waals surface area (Å²) in [7, 11) is 0. The molecule has 5 heteroatoms. The standard InChI is InChI=1S/C13H17BrN2O2/c1-8-5-9(3-4-10(8)14)16-12(17)13(2)7-18-6-11(13)15/h3-5,11H,6-7,15H2,1-2H3,(H,16,17). The van der Waals surface area contributed by atoms with Crippen LogP contribution in [-0.2, 0) is 9.53 Å². The number of carbonyl (C=O) groups is 1. The number of carbonyl (C=O) groups excluding carboxylic acids is 1. The summed E-state index contributed by atoms with van der Waals surface area (Å²) in [5, 5.41) is 2.90. The minimum atomic E-state index is -0.652. The van der Waals surface area contributed by atoms with E-state index in [1.807, 2.05) is 32.0 Å². The molecule has 0 aromatic heterocycles. The summed E-state index contributed by atoms with van der Waals surface area (Å²) in [5.41, 5.74) is 7.13. The molecule has 2 atom stereocenters. The number of amides is 1. The number of nitrogens with two attached hydrogens (primary N) is 1. The van der Waals surface area contributed by atoms with Gasteiger partial charge in [0.05, 0.1) is 18.6 Å². The number of rotatable bonds is 2. The average Bonchev–Trinajstić information content (AvgIpc) is 2.66. The molecule has 1 aromatic rings. The Kier molecular flexibility index (Phi) is 3.75. The maximum Gasteiger partial charge on any atom is 0.234 e. The number of aryl methyl sites for hydroxylation is 1. The van der Waals surface area contributed by atoms with Crippen LogP contribution in [-0.4, -0.2) is 25.2 Å². The lowest BCUT2D eigenvalue weighted by Gasteiger charge is -2.25. The van der Waals surface area contributed by atoms with E-state index in [9.17, 15) is 4.79 Å². The van der Waals surface area contributed by atoms with Gasteiger partial charge in [0.1, 0.15) is 0 Å². The number of ether oxygens (including phenoxy) is 1. The zero-order valence-electron chi connectivity index (χ0n) is 10.5. The quantitative estimate of drug-likeness (QED) is 0.878. The van der Waals surface area contributed by atoms with Crippen LogP contribution in [0.5, 0.6) is 0 Å². The zero-order valence-corrected chi connectivity index (χ0v) is 12.1. The lowest BCUT2D eigenvalue weighted by molar-refractivity contribution is -0.125. The van der Waals surface area contributed by atoms with Crippen LogP contribution in [0.4, 0.5) is 5.69 Å². The van der Waals surface area contributed by atoms with Crippen LogP contribution in [0.15, 0.2) is 22.7 Å². The van der Waals surface area contributed by atoms with Crippen molar-refractivity contribution in [1.82, 2.24) is 0 Å². The van der Waals surface area contributed by atoms with E-state index in [0.717, 1.165) is 15.7 Å². The van der Waals surface area contributed by atoms with Gasteiger partial charge in [-0.1, -0.05) is 15.9 Å². The lowest BCUT2D eigenvalue weighted by atomic mass is 9.85. The summed E-state index contributed by atoms with van der Waals surface area (Å²) in [6, 6.07) is 5.44. The molecule has 1 aliphatic rings. The van der Waals surface area contributed by atoms with E-state index in [2.05, 4.69) is 21.2 Å². The van der Waals surface area contributed by atoms with E-state index in [-0.39, 0.29) is 11.9 Å². The molecule has 3 N–H and O–H groups in total. The third-order valence-electron chi connectivity index (χ3n) is 3.45. The maximum absolute atomic E-state index is 12.3. The summed E-state index contributed by atoms with van der Waals surface area (Å²) in [6.45, 7) is 4.62. The van der Waals surface area contributed by atoms with Crippen LogP contribution in [0.2, 0.25) is 0 Å². The van der Waals surface area contributed by atoms with Crippen LogP contribution in [0.1, 0.15) is 12.5 Å². The smallest absolute Gasteiger partial charge is 0.234 e. The molecule has 1 aliphatic heterocycles. The SMILES string of the molecule is Cc1cc(NC(=O)C2(C)COCC2N)ccc1Br. The number of anilines is 1. The Balaban J connectivity index is 2.14. The predicted octanol–water partition coefficient (Wildman–Crippen LogP) is 2.06. The lowest BCUT2D eigenvalue weighted by Crippen LogP contribution is -2.47. The van der Waals surface area contributed by atoms with Crippen molar-refractivity contribution >= 4 is 27.5 Å². The van der Waals surface area contributed by atoms with Crippen molar-refractivity contribution in [2.45, 2.75) is 19.9 Å². The topological polar surface area (TPSA) is 64.3 Å². The van der Waals surface area contributed by atoms with Crippen molar-refractivity contribution in [3.8, 4) is 0 Å². The fourth-order valence-corrected chi connectivity index (χ4v) is 2.17. The molecule has 1 aromatic carbocycles. The fourth-order valence-electron chi connectivity index (χ4n) is 1.92. The van der Waals surface area contributed by atoms with Gasteiger partial charge in [-0.25, -0.2) is 0 Å². The Bertz CT molecular complexity index is 478. The minimum Gasteiger partial charge on any atom is -0.379 e. The summed E-state index contributed by atoms with van der Waals surface area (Å²) < 4.78 is 6.30. The van der Waals surface area contributed by atoms with Crippen LogP contribution in [0, 0.1) is 12.3 Å². The van der Waals surface area contributed by atoms with E-state index in [0.29, 0.717) is 13.2 Å². The van der Waals surface area contributed by atoms with E-state index < -0.39 is 5.41 Å². The first-order valence-corrected chi connectivity index (χ1v) is 6.64. The largest absolute Gasteiger partial charge is 0.379 e. The highest BCUT2D eigenvalue weighted by Gasteiger charge is 2.44. The van der Waals surface area contributed by atoms with Gasteiger partial charge in [-0.2, -0.15) is 0 Å². The van der Waals surface area contributed by atoms with E-state index in [1.54, 1.807) is 0 Å². The molecule has 0 bridgehead atoms. The first-order valence-electron chi connectivity index (χ1n) is 5.84. The Labute approximate surface area is 115 Å². The Hall–Kier alpha value is -0.910. The molecule has 1 fully saturated rings. The van der Waals surface area contributed by atoms with Crippen molar-refractivity contribution in [2.75, 3.05) is 18.5 Å². The van der Waals surface area contributed by atoms with Crippen molar-refractivity contribution in [1.29, 1.82) is 0 Å². The second-order valence-electron chi connectivity index (χ2n) is 4.96. The van der Waals surface area contributed by atoms with Crippen LogP contribution in [0.3, 0.4) is 0 Å². The molecular formula is C13H17BrN2O2. The minimum absolute atomic E-state index is 0.0887. The van der Waals surface area contributed by atoms with Crippen molar-refractivity contribution in [2.24, 2.45) is 11.1 Å². The van der Waals surface area contributed by atoms with Gasteiger partial charge in [0.15, 0.2) is 0 Å². The monoisotopic (exact) mass is 312 g/mol. The number of hydrogen-bond donors (Lipinski definition) is 2. The first kappa shape index (κ1) is 13.5. The third-order valence-corrected chi connectivity index (χ3v) is 4.34.